The number of ketones is 1. The largest absolute Gasteiger partial charge is 0.463 e. The normalized spacial score (nSPS) is 11.9. The summed E-state index contributed by atoms with van der Waals surface area (Å²) in [5.41, 5.74) is -3.29. The summed E-state index contributed by atoms with van der Waals surface area (Å²) < 4.78 is 44.9. The van der Waals surface area contributed by atoms with Crippen LogP contribution in [-0.4, -0.2) is 47.8 Å². The molecule has 0 aromatic carbocycles. The fraction of sp³-hybridized carbons (Fsp3) is 0.700. The fourth-order valence-corrected chi connectivity index (χ4v) is 1.06. The molecular formula is C10H13F3O6. The molecule has 0 aliphatic rings. The minimum absolute atomic E-state index is 0.291. The highest BCUT2D eigenvalue weighted by Crippen LogP contribution is 2.24. The van der Waals surface area contributed by atoms with Gasteiger partial charge in [0.1, 0.15) is 0 Å². The summed E-state index contributed by atoms with van der Waals surface area (Å²) in [5, 5.41) is 9.67. The number of carbonyl (C=O) groups excluding carboxylic acids is 3. The van der Waals surface area contributed by atoms with Crippen LogP contribution in [0.15, 0.2) is 0 Å². The Kier molecular flexibility index (Phi) is 5.94. The van der Waals surface area contributed by atoms with Gasteiger partial charge in [-0.25, -0.2) is 9.59 Å². The highest BCUT2D eigenvalue weighted by atomic mass is 19.4. The van der Waals surface area contributed by atoms with E-state index in [1.807, 2.05) is 0 Å². The van der Waals surface area contributed by atoms with Crippen LogP contribution in [0.3, 0.4) is 0 Å². The highest BCUT2D eigenvalue weighted by Gasteiger charge is 2.53. The van der Waals surface area contributed by atoms with Gasteiger partial charge in [-0.3, -0.25) is 4.79 Å². The third-order valence-corrected chi connectivity index (χ3v) is 1.96. The molecule has 0 amide bonds. The quantitative estimate of drug-likeness (QED) is 0.560. The second kappa shape index (κ2) is 6.50. The Balaban J connectivity index is 5.23. The molecule has 0 aliphatic carbocycles. The molecule has 0 aromatic heterocycles. The van der Waals surface area contributed by atoms with Crippen molar-refractivity contribution in [3.8, 4) is 0 Å². The molecule has 0 radical (unpaired) electrons. The third kappa shape index (κ3) is 4.51. The molecule has 0 aliphatic heterocycles. The number of hydrogen-bond acceptors (Lipinski definition) is 6. The van der Waals surface area contributed by atoms with Gasteiger partial charge in [-0.05, 0) is 13.8 Å². The third-order valence-electron chi connectivity index (χ3n) is 1.96. The van der Waals surface area contributed by atoms with Gasteiger partial charge in [0.25, 0.3) is 5.60 Å². The smallest absolute Gasteiger partial charge is 0.450 e. The molecule has 0 unspecified atom stereocenters. The lowest BCUT2D eigenvalue weighted by molar-refractivity contribution is -0.192. The van der Waals surface area contributed by atoms with Crippen LogP contribution < -0.4 is 0 Å². The second-order valence-electron chi connectivity index (χ2n) is 3.40. The molecule has 110 valence electrons. The van der Waals surface area contributed by atoms with E-state index in [0.29, 0.717) is 0 Å². The summed E-state index contributed by atoms with van der Waals surface area (Å²) >= 11 is 0. The van der Waals surface area contributed by atoms with E-state index < -0.39 is 35.9 Å². The Hall–Kier alpha value is -1.64. The maximum atomic E-state index is 12.1. The van der Waals surface area contributed by atoms with Gasteiger partial charge in [0, 0.05) is 0 Å². The van der Waals surface area contributed by atoms with Crippen LogP contribution in [0.2, 0.25) is 0 Å². The van der Waals surface area contributed by atoms with E-state index in [-0.39, 0.29) is 13.2 Å². The molecule has 6 nitrogen and oxygen atoms in total. The minimum Gasteiger partial charge on any atom is -0.463 e. The zero-order valence-electron chi connectivity index (χ0n) is 10.2. The standard InChI is InChI=1S/C10H13F3O6/c1-3-18-7(15)9(17,8(16)19-4-2)5-6(14)10(11,12)13/h17H,3-5H2,1-2H3. The summed E-state index contributed by atoms with van der Waals surface area (Å²) in [7, 11) is 0. The van der Waals surface area contributed by atoms with Crippen LogP contribution in [0.25, 0.3) is 0 Å². The molecule has 0 rings (SSSR count). The van der Waals surface area contributed by atoms with E-state index in [9.17, 15) is 32.7 Å². The van der Waals surface area contributed by atoms with Crippen molar-refractivity contribution in [2.24, 2.45) is 0 Å². The average Bonchev–Trinajstić information content (AvgIpc) is 2.28. The van der Waals surface area contributed by atoms with Crippen molar-refractivity contribution < 1.29 is 42.1 Å². The van der Waals surface area contributed by atoms with E-state index in [2.05, 4.69) is 9.47 Å². The molecule has 0 saturated heterocycles. The lowest BCUT2D eigenvalue weighted by Crippen LogP contribution is -2.52. The number of halogens is 3. The summed E-state index contributed by atoms with van der Waals surface area (Å²) in [6, 6.07) is 0. The molecular weight excluding hydrogens is 273 g/mol. The predicted molar refractivity (Wildman–Crippen MR) is 53.9 cm³/mol. The van der Waals surface area contributed by atoms with Gasteiger partial charge in [-0.1, -0.05) is 0 Å². The number of aliphatic hydroxyl groups is 1. The maximum Gasteiger partial charge on any atom is 0.450 e. The summed E-state index contributed by atoms with van der Waals surface area (Å²) in [5.74, 6) is -5.76. The Morgan fingerprint density at radius 2 is 1.37 bits per heavy atom. The number of rotatable bonds is 6. The molecule has 1 N–H and O–H groups in total. The van der Waals surface area contributed by atoms with Crippen LogP contribution in [0, 0.1) is 0 Å². The number of alkyl halides is 3. The van der Waals surface area contributed by atoms with Gasteiger partial charge in [0.2, 0.25) is 5.78 Å². The first kappa shape index (κ1) is 17.4. The number of esters is 2. The summed E-state index contributed by atoms with van der Waals surface area (Å²) in [4.78, 5) is 33.5. The van der Waals surface area contributed by atoms with E-state index in [4.69, 9.17) is 0 Å². The van der Waals surface area contributed by atoms with E-state index in [0.717, 1.165) is 0 Å². The van der Waals surface area contributed by atoms with Crippen LogP contribution in [0.4, 0.5) is 13.2 Å². The van der Waals surface area contributed by atoms with Gasteiger partial charge in [0.05, 0.1) is 19.6 Å². The van der Waals surface area contributed by atoms with E-state index >= 15 is 0 Å². The zero-order chi connectivity index (χ0) is 15.3. The zero-order valence-corrected chi connectivity index (χ0v) is 10.2. The van der Waals surface area contributed by atoms with Crippen molar-refractivity contribution in [3.05, 3.63) is 0 Å². The predicted octanol–water partition coefficient (Wildman–Crippen LogP) is 0.365. The first-order valence-electron chi connectivity index (χ1n) is 5.26. The number of carbonyl (C=O) groups is 3. The van der Waals surface area contributed by atoms with Gasteiger partial charge >= 0.3 is 18.1 Å². The lowest BCUT2D eigenvalue weighted by Gasteiger charge is -2.23. The van der Waals surface area contributed by atoms with E-state index in [1.165, 1.54) is 13.8 Å². The average molecular weight is 286 g/mol. The van der Waals surface area contributed by atoms with Crippen LogP contribution in [0.1, 0.15) is 20.3 Å². The van der Waals surface area contributed by atoms with E-state index in [1.54, 1.807) is 0 Å². The molecule has 19 heavy (non-hydrogen) atoms. The van der Waals surface area contributed by atoms with Crippen molar-refractivity contribution in [2.75, 3.05) is 13.2 Å². The maximum absolute atomic E-state index is 12.1. The molecule has 0 atom stereocenters. The molecule has 0 aromatic rings. The molecule has 0 heterocycles. The SMILES string of the molecule is CCOC(=O)C(O)(CC(=O)C(F)(F)F)C(=O)OCC. The molecule has 0 bridgehead atoms. The molecule has 0 fully saturated rings. The topological polar surface area (TPSA) is 89.9 Å². The Bertz CT molecular complexity index is 345. The lowest BCUT2D eigenvalue weighted by atomic mass is 9.97. The molecule has 0 saturated carbocycles. The monoisotopic (exact) mass is 286 g/mol. The Morgan fingerprint density at radius 1 is 1.00 bits per heavy atom. The van der Waals surface area contributed by atoms with Gasteiger partial charge in [-0.2, -0.15) is 13.2 Å². The van der Waals surface area contributed by atoms with Crippen molar-refractivity contribution in [2.45, 2.75) is 32.0 Å². The second-order valence-corrected chi connectivity index (χ2v) is 3.40. The van der Waals surface area contributed by atoms with Crippen LogP contribution >= 0.6 is 0 Å². The molecule has 9 heteroatoms. The summed E-state index contributed by atoms with van der Waals surface area (Å²) in [6.45, 7) is 2.05. The number of hydrogen-bond donors (Lipinski definition) is 1. The Morgan fingerprint density at radius 3 is 1.63 bits per heavy atom. The van der Waals surface area contributed by atoms with Crippen molar-refractivity contribution >= 4 is 17.7 Å². The molecule has 0 spiro atoms. The van der Waals surface area contributed by atoms with Crippen LogP contribution in [-0.2, 0) is 23.9 Å². The summed E-state index contributed by atoms with van der Waals surface area (Å²) in [6.07, 6.45) is -7.07. The minimum atomic E-state index is -5.28. The van der Waals surface area contributed by atoms with Crippen molar-refractivity contribution in [3.63, 3.8) is 0 Å². The van der Waals surface area contributed by atoms with Crippen molar-refractivity contribution in [1.29, 1.82) is 0 Å². The van der Waals surface area contributed by atoms with Gasteiger partial charge in [-0.15, -0.1) is 0 Å². The fourth-order valence-electron chi connectivity index (χ4n) is 1.06. The number of Topliss-reactive ketones (excluding diaryl/α,β-unsaturated/α-hetero) is 1. The van der Waals surface area contributed by atoms with Crippen LogP contribution in [0.5, 0.6) is 0 Å². The van der Waals surface area contributed by atoms with Gasteiger partial charge in [0.15, 0.2) is 0 Å². The Labute approximate surface area is 106 Å². The van der Waals surface area contributed by atoms with Crippen molar-refractivity contribution in [1.82, 2.24) is 0 Å². The highest BCUT2D eigenvalue weighted by molar-refractivity contribution is 6.07. The number of ether oxygens (including phenoxy) is 2. The first-order valence-corrected chi connectivity index (χ1v) is 5.26. The first-order chi connectivity index (χ1) is 8.59. The van der Waals surface area contributed by atoms with Gasteiger partial charge < -0.3 is 14.6 Å².